The number of likely N-dealkylation sites (N-methyl/N-ethyl adjacent to an activating group) is 1. The van der Waals surface area contributed by atoms with Gasteiger partial charge in [-0.05, 0) is 32.5 Å². The zero-order valence-corrected chi connectivity index (χ0v) is 10.9. The highest BCUT2D eigenvalue weighted by molar-refractivity contribution is 5.50. The average Bonchev–Trinajstić information content (AvgIpc) is 2.39. The Balaban J connectivity index is 1.97. The van der Waals surface area contributed by atoms with Crippen LogP contribution in [0.4, 0.5) is 15.8 Å². The van der Waals surface area contributed by atoms with Crippen LogP contribution in [0, 0.1) is 15.9 Å². The third-order valence-corrected chi connectivity index (χ3v) is 3.61. The quantitative estimate of drug-likeness (QED) is 0.673. The first-order valence-corrected chi connectivity index (χ1v) is 6.46. The van der Waals surface area contributed by atoms with E-state index in [4.69, 9.17) is 0 Å². The van der Waals surface area contributed by atoms with Crippen LogP contribution >= 0.6 is 0 Å². The molecule has 5 nitrogen and oxygen atoms in total. The molecule has 0 spiro atoms. The lowest BCUT2D eigenvalue weighted by Crippen LogP contribution is -2.40. The van der Waals surface area contributed by atoms with Crippen molar-refractivity contribution in [3.63, 3.8) is 0 Å². The number of likely N-dealkylation sites (tertiary alicyclic amines) is 1. The number of piperidine rings is 1. The van der Waals surface area contributed by atoms with E-state index >= 15 is 0 Å². The normalized spacial score (nSPS) is 20.2. The Hall–Kier alpha value is -1.69. The first-order valence-electron chi connectivity index (χ1n) is 6.46. The number of hydrogen-bond donors (Lipinski definition) is 1. The van der Waals surface area contributed by atoms with E-state index < -0.39 is 10.7 Å². The van der Waals surface area contributed by atoms with Gasteiger partial charge in [0.05, 0.1) is 16.7 Å². The van der Waals surface area contributed by atoms with Crippen LogP contribution in [0.3, 0.4) is 0 Å². The Bertz CT molecular complexity index is 467. The van der Waals surface area contributed by atoms with Crippen LogP contribution in [0.1, 0.15) is 19.3 Å². The molecular weight excluding hydrogens is 249 g/mol. The van der Waals surface area contributed by atoms with Gasteiger partial charge in [0, 0.05) is 18.7 Å². The SMILES string of the molecule is CN1CCCCC1CNc1ccc([N+](=O)[O-])cc1F. The Morgan fingerprint density at radius 1 is 1.53 bits per heavy atom. The van der Waals surface area contributed by atoms with E-state index in [1.165, 1.54) is 25.0 Å². The Morgan fingerprint density at radius 3 is 2.95 bits per heavy atom. The van der Waals surface area contributed by atoms with E-state index in [1.54, 1.807) is 0 Å². The van der Waals surface area contributed by atoms with Gasteiger partial charge in [-0.1, -0.05) is 6.42 Å². The number of halogens is 1. The molecule has 2 rings (SSSR count). The molecule has 1 N–H and O–H groups in total. The number of hydrogen-bond acceptors (Lipinski definition) is 4. The molecule has 1 aliphatic rings. The number of benzene rings is 1. The Kier molecular flexibility index (Phi) is 4.31. The van der Waals surface area contributed by atoms with Gasteiger partial charge in [-0.25, -0.2) is 4.39 Å². The van der Waals surface area contributed by atoms with E-state index in [2.05, 4.69) is 17.3 Å². The highest BCUT2D eigenvalue weighted by Crippen LogP contribution is 2.21. The van der Waals surface area contributed by atoms with Crippen molar-refractivity contribution < 1.29 is 9.31 Å². The van der Waals surface area contributed by atoms with Gasteiger partial charge < -0.3 is 10.2 Å². The fourth-order valence-corrected chi connectivity index (χ4v) is 2.39. The Labute approximate surface area is 111 Å². The van der Waals surface area contributed by atoms with Gasteiger partial charge in [0.25, 0.3) is 5.69 Å². The molecule has 1 fully saturated rings. The third-order valence-electron chi connectivity index (χ3n) is 3.61. The van der Waals surface area contributed by atoms with E-state index in [0.717, 1.165) is 19.0 Å². The number of rotatable bonds is 4. The van der Waals surface area contributed by atoms with Gasteiger partial charge in [0.1, 0.15) is 0 Å². The van der Waals surface area contributed by atoms with Crippen molar-refractivity contribution in [3.05, 3.63) is 34.1 Å². The van der Waals surface area contributed by atoms with Crippen molar-refractivity contribution in [2.75, 3.05) is 25.5 Å². The van der Waals surface area contributed by atoms with Crippen molar-refractivity contribution in [2.24, 2.45) is 0 Å². The molecule has 0 aromatic heterocycles. The molecule has 1 aromatic carbocycles. The molecule has 1 heterocycles. The summed E-state index contributed by atoms with van der Waals surface area (Å²) in [5, 5.41) is 13.6. The molecule has 1 saturated heterocycles. The molecule has 1 atom stereocenters. The first kappa shape index (κ1) is 13.7. The summed E-state index contributed by atoms with van der Waals surface area (Å²) in [5.41, 5.74) is 0.0995. The molecule has 1 unspecified atom stereocenters. The minimum atomic E-state index is -0.595. The molecule has 0 saturated carbocycles. The molecule has 1 aliphatic heterocycles. The summed E-state index contributed by atoms with van der Waals surface area (Å²) in [6.45, 7) is 1.72. The van der Waals surface area contributed by atoms with E-state index in [1.807, 2.05) is 0 Å². The Morgan fingerprint density at radius 2 is 2.32 bits per heavy atom. The van der Waals surface area contributed by atoms with Crippen LogP contribution in [0.25, 0.3) is 0 Å². The summed E-state index contributed by atoms with van der Waals surface area (Å²) in [4.78, 5) is 12.2. The number of anilines is 1. The maximum Gasteiger partial charge on any atom is 0.272 e. The van der Waals surface area contributed by atoms with Crippen molar-refractivity contribution in [3.8, 4) is 0 Å². The number of nitro benzene ring substituents is 1. The van der Waals surface area contributed by atoms with Gasteiger partial charge in [0.2, 0.25) is 0 Å². The summed E-state index contributed by atoms with van der Waals surface area (Å²) in [6, 6.07) is 4.09. The van der Waals surface area contributed by atoms with Crippen LogP contribution in [0.2, 0.25) is 0 Å². The first-order chi connectivity index (χ1) is 9.08. The fraction of sp³-hybridized carbons (Fsp3) is 0.538. The van der Waals surface area contributed by atoms with Gasteiger partial charge in [0.15, 0.2) is 5.82 Å². The van der Waals surface area contributed by atoms with Crippen molar-refractivity contribution in [1.29, 1.82) is 0 Å². The molecule has 19 heavy (non-hydrogen) atoms. The average molecular weight is 267 g/mol. The largest absolute Gasteiger partial charge is 0.381 e. The second kappa shape index (κ2) is 5.97. The molecular formula is C13H18FN3O2. The second-order valence-electron chi connectivity index (χ2n) is 4.93. The molecule has 0 aliphatic carbocycles. The van der Waals surface area contributed by atoms with E-state index in [9.17, 15) is 14.5 Å². The van der Waals surface area contributed by atoms with Gasteiger partial charge in [-0.2, -0.15) is 0 Å². The monoisotopic (exact) mass is 267 g/mol. The van der Waals surface area contributed by atoms with Gasteiger partial charge in [-0.3, -0.25) is 10.1 Å². The fourth-order valence-electron chi connectivity index (χ4n) is 2.39. The maximum absolute atomic E-state index is 13.7. The highest BCUT2D eigenvalue weighted by Gasteiger charge is 2.19. The lowest BCUT2D eigenvalue weighted by atomic mass is 10.0. The number of non-ortho nitro benzene ring substituents is 1. The zero-order valence-electron chi connectivity index (χ0n) is 10.9. The zero-order chi connectivity index (χ0) is 13.8. The smallest absolute Gasteiger partial charge is 0.272 e. The minimum absolute atomic E-state index is 0.224. The summed E-state index contributed by atoms with van der Waals surface area (Å²) >= 11 is 0. The second-order valence-corrected chi connectivity index (χ2v) is 4.93. The third kappa shape index (κ3) is 3.41. The van der Waals surface area contributed by atoms with E-state index in [-0.39, 0.29) is 5.69 Å². The van der Waals surface area contributed by atoms with Gasteiger partial charge in [-0.15, -0.1) is 0 Å². The summed E-state index contributed by atoms with van der Waals surface area (Å²) in [7, 11) is 2.07. The lowest BCUT2D eigenvalue weighted by molar-refractivity contribution is -0.385. The van der Waals surface area contributed by atoms with Crippen LogP contribution in [-0.2, 0) is 0 Å². The van der Waals surface area contributed by atoms with Crippen molar-refractivity contribution in [1.82, 2.24) is 4.90 Å². The van der Waals surface area contributed by atoms with Crippen molar-refractivity contribution >= 4 is 11.4 Å². The molecule has 0 bridgehead atoms. The molecule has 1 aromatic rings. The molecule has 0 radical (unpaired) electrons. The highest BCUT2D eigenvalue weighted by atomic mass is 19.1. The maximum atomic E-state index is 13.7. The minimum Gasteiger partial charge on any atom is -0.381 e. The van der Waals surface area contributed by atoms with E-state index in [0.29, 0.717) is 18.3 Å². The number of nitrogens with one attached hydrogen (secondary N) is 1. The molecule has 104 valence electrons. The van der Waals surface area contributed by atoms with Crippen LogP contribution in [-0.4, -0.2) is 36.0 Å². The van der Waals surface area contributed by atoms with Crippen LogP contribution in [0.15, 0.2) is 18.2 Å². The summed E-state index contributed by atoms with van der Waals surface area (Å²) < 4.78 is 13.7. The lowest BCUT2D eigenvalue weighted by Gasteiger charge is -2.32. The molecule has 0 amide bonds. The summed E-state index contributed by atoms with van der Waals surface area (Å²) in [6.07, 6.45) is 3.50. The number of nitrogens with zero attached hydrogens (tertiary/aromatic N) is 2. The van der Waals surface area contributed by atoms with Crippen LogP contribution < -0.4 is 5.32 Å². The topological polar surface area (TPSA) is 58.4 Å². The number of nitro groups is 1. The van der Waals surface area contributed by atoms with Crippen LogP contribution in [0.5, 0.6) is 0 Å². The molecule has 6 heteroatoms. The van der Waals surface area contributed by atoms with Gasteiger partial charge >= 0.3 is 0 Å². The predicted molar refractivity (Wildman–Crippen MR) is 71.8 cm³/mol. The van der Waals surface area contributed by atoms with Crippen molar-refractivity contribution in [2.45, 2.75) is 25.3 Å². The standard InChI is InChI=1S/C13H18FN3O2/c1-16-7-3-2-4-11(16)9-15-13-6-5-10(17(18)19)8-12(13)14/h5-6,8,11,15H,2-4,7,9H2,1H3. The summed E-state index contributed by atoms with van der Waals surface area (Å²) in [5.74, 6) is -0.576. The predicted octanol–water partition coefficient (Wildman–Crippen LogP) is 2.63.